The Morgan fingerprint density at radius 1 is 1.30 bits per heavy atom. The molecule has 5 nitrogen and oxygen atoms in total. The van der Waals surface area contributed by atoms with Crippen molar-refractivity contribution in [2.24, 2.45) is 0 Å². The van der Waals surface area contributed by atoms with Gasteiger partial charge < -0.3 is 9.72 Å². The highest BCUT2D eigenvalue weighted by Gasteiger charge is 2.19. The molecule has 0 bridgehead atoms. The highest BCUT2D eigenvalue weighted by atomic mass is 35.5. The smallest absolute Gasteiger partial charge is 0.333 e. The lowest BCUT2D eigenvalue weighted by Crippen LogP contribution is -2.37. The van der Waals surface area contributed by atoms with Crippen LogP contribution < -0.4 is 16.0 Å². The van der Waals surface area contributed by atoms with E-state index in [0.717, 1.165) is 12.1 Å². The minimum atomic E-state index is -1.51. The predicted octanol–water partition coefficient (Wildman–Crippen LogP) is 2.71. The van der Waals surface area contributed by atoms with Crippen LogP contribution in [0.15, 0.2) is 21.7 Å². The fourth-order valence-corrected chi connectivity index (χ4v) is 2.10. The molecule has 0 amide bonds. The first kappa shape index (κ1) is 17.1. The lowest BCUT2D eigenvalue weighted by Gasteiger charge is -2.14. The Morgan fingerprint density at radius 3 is 2.52 bits per heavy atom. The van der Waals surface area contributed by atoms with Crippen LogP contribution in [-0.4, -0.2) is 15.7 Å². The third-order valence-electron chi connectivity index (χ3n) is 2.86. The van der Waals surface area contributed by atoms with Gasteiger partial charge in [-0.2, -0.15) is 4.39 Å². The Morgan fingerprint density at radius 2 is 1.96 bits per heavy atom. The Balaban J connectivity index is 2.75. The Kier molecular flexibility index (Phi) is 4.84. The van der Waals surface area contributed by atoms with Gasteiger partial charge in [-0.25, -0.2) is 18.1 Å². The van der Waals surface area contributed by atoms with E-state index >= 15 is 0 Å². The van der Waals surface area contributed by atoms with Crippen LogP contribution >= 0.6 is 11.6 Å². The highest BCUT2D eigenvalue weighted by molar-refractivity contribution is 6.32. The van der Waals surface area contributed by atoms with E-state index in [1.54, 1.807) is 13.8 Å². The normalized spacial score (nSPS) is 11.1. The zero-order valence-corrected chi connectivity index (χ0v) is 12.9. The van der Waals surface area contributed by atoms with Crippen molar-refractivity contribution in [1.29, 1.82) is 0 Å². The second-order valence-corrected chi connectivity index (χ2v) is 5.30. The molecule has 0 spiro atoms. The van der Waals surface area contributed by atoms with Crippen LogP contribution in [0.4, 0.5) is 13.2 Å². The number of aromatic nitrogens is 2. The van der Waals surface area contributed by atoms with E-state index in [2.05, 4.69) is 0 Å². The molecule has 1 aromatic heterocycles. The summed E-state index contributed by atoms with van der Waals surface area (Å²) in [5, 5.41) is -0.0784. The Hall–Kier alpha value is -2.22. The van der Waals surface area contributed by atoms with Crippen molar-refractivity contribution in [2.75, 3.05) is 0 Å². The summed E-state index contributed by atoms with van der Waals surface area (Å²) in [5.41, 5.74) is -4.01. The molecule has 23 heavy (non-hydrogen) atoms. The molecule has 124 valence electrons. The maximum absolute atomic E-state index is 14.1. The first-order valence-electron chi connectivity index (χ1n) is 6.52. The van der Waals surface area contributed by atoms with E-state index in [-0.39, 0.29) is 21.4 Å². The minimum absolute atomic E-state index is 0.0133. The third-order valence-corrected chi connectivity index (χ3v) is 3.15. The molecule has 1 heterocycles. The van der Waals surface area contributed by atoms with Gasteiger partial charge >= 0.3 is 5.69 Å². The maximum atomic E-state index is 14.1. The van der Waals surface area contributed by atoms with Gasteiger partial charge in [0.25, 0.3) is 5.56 Å². The quantitative estimate of drug-likeness (QED) is 0.924. The highest BCUT2D eigenvalue weighted by Crippen LogP contribution is 2.29. The molecule has 9 heteroatoms. The van der Waals surface area contributed by atoms with Crippen LogP contribution in [0.2, 0.25) is 5.02 Å². The van der Waals surface area contributed by atoms with E-state index in [0.29, 0.717) is 0 Å². The number of ether oxygens (including phenoxy) is 1. The fraction of sp³-hybridized carbons (Fsp3) is 0.286. The molecule has 0 fully saturated rings. The average Bonchev–Trinajstić information content (AvgIpc) is 2.47. The summed E-state index contributed by atoms with van der Waals surface area (Å²) in [6.45, 7) is 2.00. The molecule has 0 saturated heterocycles. The van der Waals surface area contributed by atoms with Gasteiger partial charge in [-0.05, 0) is 19.9 Å². The summed E-state index contributed by atoms with van der Waals surface area (Å²) in [4.78, 5) is 25.6. The van der Waals surface area contributed by atoms with Gasteiger partial charge in [0.2, 0.25) is 5.82 Å². The summed E-state index contributed by atoms with van der Waals surface area (Å²) in [6, 6.07) is 1.84. The lowest BCUT2D eigenvalue weighted by molar-refractivity contribution is 0.242. The third kappa shape index (κ3) is 3.26. The molecule has 0 saturated carbocycles. The molecule has 0 atom stereocenters. The predicted molar refractivity (Wildman–Crippen MR) is 78.2 cm³/mol. The van der Waals surface area contributed by atoms with Crippen molar-refractivity contribution >= 4 is 11.6 Å². The van der Waals surface area contributed by atoms with Crippen molar-refractivity contribution in [1.82, 2.24) is 9.55 Å². The molecule has 0 aliphatic carbocycles. The van der Waals surface area contributed by atoms with E-state index < -0.39 is 40.9 Å². The molecule has 0 aliphatic heterocycles. The van der Waals surface area contributed by atoms with Crippen LogP contribution in [0, 0.1) is 11.6 Å². The Labute approximate surface area is 133 Å². The number of alkyl halides is 1. The van der Waals surface area contributed by atoms with Crippen molar-refractivity contribution < 1.29 is 17.9 Å². The largest absolute Gasteiger partial charge is 0.489 e. The van der Waals surface area contributed by atoms with Crippen molar-refractivity contribution in [3.8, 4) is 11.4 Å². The van der Waals surface area contributed by atoms with E-state index in [4.69, 9.17) is 16.3 Å². The molecular formula is C14H12ClF3N2O3. The number of rotatable bonds is 4. The molecule has 0 unspecified atom stereocenters. The zero-order valence-electron chi connectivity index (χ0n) is 12.1. The number of halogens is 4. The summed E-state index contributed by atoms with van der Waals surface area (Å²) in [6.07, 6.45) is -0.313. The SMILES string of the molecule is CC(C)Oc1cc(-n2c(=O)[nH]c(CF)c(F)c2=O)c(F)cc1Cl. The molecular weight excluding hydrogens is 337 g/mol. The molecule has 2 rings (SSSR count). The van der Waals surface area contributed by atoms with Crippen LogP contribution in [0.1, 0.15) is 19.5 Å². The summed E-state index contributed by atoms with van der Waals surface area (Å²) >= 11 is 5.83. The number of nitrogens with one attached hydrogen (secondary N) is 1. The van der Waals surface area contributed by atoms with E-state index in [9.17, 15) is 22.8 Å². The summed E-state index contributed by atoms with van der Waals surface area (Å²) in [5.74, 6) is -2.53. The number of nitrogens with zero attached hydrogens (tertiary/aromatic N) is 1. The Bertz CT molecular complexity index is 862. The first-order chi connectivity index (χ1) is 10.8. The number of H-pyrrole nitrogens is 1. The van der Waals surface area contributed by atoms with E-state index in [1.165, 1.54) is 0 Å². The second-order valence-electron chi connectivity index (χ2n) is 4.90. The van der Waals surface area contributed by atoms with Crippen molar-refractivity contribution in [3.05, 3.63) is 55.3 Å². The van der Waals surface area contributed by atoms with Gasteiger partial charge in [-0.1, -0.05) is 11.6 Å². The van der Waals surface area contributed by atoms with Gasteiger partial charge in [-0.15, -0.1) is 0 Å². The topological polar surface area (TPSA) is 64.1 Å². The van der Waals surface area contributed by atoms with Gasteiger partial charge in [0.15, 0.2) is 0 Å². The van der Waals surface area contributed by atoms with Crippen LogP contribution in [0.25, 0.3) is 5.69 Å². The molecule has 0 aliphatic rings. The van der Waals surface area contributed by atoms with Gasteiger partial charge in [-0.3, -0.25) is 4.79 Å². The number of aromatic amines is 1. The molecule has 1 N–H and O–H groups in total. The number of benzene rings is 1. The standard InChI is InChI=1S/C14H12ClF3N2O3/c1-6(2)23-11-4-10(8(17)3-7(11)15)20-13(21)12(18)9(5-16)19-14(20)22/h3-4,6H,5H2,1-2H3,(H,19,22). The van der Waals surface area contributed by atoms with Gasteiger partial charge in [0.1, 0.15) is 18.2 Å². The minimum Gasteiger partial charge on any atom is -0.489 e. The maximum Gasteiger partial charge on any atom is 0.333 e. The van der Waals surface area contributed by atoms with Crippen LogP contribution in [0.5, 0.6) is 5.75 Å². The summed E-state index contributed by atoms with van der Waals surface area (Å²) < 4.78 is 45.9. The monoisotopic (exact) mass is 348 g/mol. The number of hydrogen-bond acceptors (Lipinski definition) is 3. The van der Waals surface area contributed by atoms with Gasteiger partial charge in [0, 0.05) is 6.07 Å². The van der Waals surface area contributed by atoms with Gasteiger partial charge in [0.05, 0.1) is 22.5 Å². The van der Waals surface area contributed by atoms with Crippen molar-refractivity contribution in [3.63, 3.8) is 0 Å². The first-order valence-corrected chi connectivity index (χ1v) is 6.89. The average molecular weight is 349 g/mol. The second kappa shape index (κ2) is 6.49. The van der Waals surface area contributed by atoms with Crippen molar-refractivity contribution in [2.45, 2.75) is 26.6 Å². The number of hydrogen-bond donors (Lipinski definition) is 1. The zero-order chi connectivity index (χ0) is 17.3. The lowest BCUT2D eigenvalue weighted by atomic mass is 10.2. The van der Waals surface area contributed by atoms with Crippen LogP contribution in [0.3, 0.4) is 0 Å². The summed E-state index contributed by atoms with van der Waals surface area (Å²) in [7, 11) is 0. The van der Waals surface area contributed by atoms with Crippen LogP contribution in [-0.2, 0) is 6.67 Å². The molecule has 0 radical (unpaired) electrons. The molecule has 2 aromatic rings. The molecule has 1 aromatic carbocycles. The van der Waals surface area contributed by atoms with E-state index in [1.807, 2.05) is 4.98 Å². The fourth-order valence-electron chi connectivity index (χ4n) is 1.90.